The van der Waals surface area contributed by atoms with E-state index in [-0.39, 0.29) is 17.2 Å². The third-order valence-corrected chi connectivity index (χ3v) is 4.80. The molecule has 0 radical (unpaired) electrons. The van der Waals surface area contributed by atoms with E-state index in [0.717, 1.165) is 25.1 Å². The fourth-order valence-electron chi connectivity index (χ4n) is 4.37. The molecule has 0 aliphatic carbocycles. The minimum atomic E-state index is -0.0388. The third-order valence-electron chi connectivity index (χ3n) is 4.80. The molecule has 1 aliphatic rings. The highest BCUT2D eigenvalue weighted by molar-refractivity contribution is 5.26. The molecule has 1 atom stereocenters. The van der Waals surface area contributed by atoms with E-state index >= 15 is 0 Å². The Labute approximate surface area is 129 Å². The van der Waals surface area contributed by atoms with Gasteiger partial charge in [0.1, 0.15) is 5.82 Å². The molecule has 1 heterocycles. The lowest BCUT2D eigenvalue weighted by molar-refractivity contribution is 0.0952. The molecule has 0 bridgehead atoms. The van der Waals surface area contributed by atoms with Gasteiger partial charge in [-0.15, -0.1) is 0 Å². The standard InChI is InChI=1S/C19H30FN/c1-14(2)11-19(12-15(3)4)9-10-21-13-17(19)16-7-5-6-8-18(16)20/h5-8,14-15,17,21H,9-13H2,1-4H3. The molecular weight excluding hydrogens is 261 g/mol. The normalized spacial score (nSPS) is 22.0. The molecule has 1 nitrogen and oxygen atoms in total. The van der Waals surface area contributed by atoms with Crippen LogP contribution in [-0.2, 0) is 0 Å². The van der Waals surface area contributed by atoms with Crippen molar-refractivity contribution in [3.8, 4) is 0 Å². The topological polar surface area (TPSA) is 12.0 Å². The minimum absolute atomic E-state index is 0.0388. The van der Waals surface area contributed by atoms with E-state index in [9.17, 15) is 4.39 Å². The summed E-state index contributed by atoms with van der Waals surface area (Å²) in [6.07, 6.45) is 3.53. The van der Waals surface area contributed by atoms with Crippen LogP contribution in [0.4, 0.5) is 4.39 Å². The quantitative estimate of drug-likeness (QED) is 0.806. The minimum Gasteiger partial charge on any atom is -0.316 e. The number of hydrogen-bond acceptors (Lipinski definition) is 1. The van der Waals surface area contributed by atoms with Crippen molar-refractivity contribution in [3.63, 3.8) is 0 Å². The van der Waals surface area contributed by atoms with Crippen molar-refractivity contribution in [3.05, 3.63) is 35.6 Å². The SMILES string of the molecule is CC(C)CC1(CC(C)C)CCNCC1c1ccccc1F. The fraction of sp³-hybridized carbons (Fsp3) is 0.684. The first kappa shape index (κ1) is 16.5. The molecule has 0 spiro atoms. The summed E-state index contributed by atoms with van der Waals surface area (Å²) in [5, 5.41) is 3.50. The molecule has 118 valence electrons. The summed E-state index contributed by atoms with van der Waals surface area (Å²) < 4.78 is 14.4. The summed E-state index contributed by atoms with van der Waals surface area (Å²) in [6.45, 7) is 11.1. The molecule has 0 amide bonds. The first-order valence-corrected chi connectivity index (χ1v) is 8.40. The fourth-order valence-corrected chi connectivity index (χ4v) is 4.37. The molecule has 1 aromatic rings. The zero-order chi connectivity index (χ0) is 15.5. The van der Waals surface area contributed by atoms with Crippen LogP contribution in [0.2, 0.25) is 0 Å². The molecule has 0 aromatic heterocycles. The number of nitrogens with one attached hydrogen (secondary N) is 1. The van der Waals surface area contributed by atoms with Gasteiger partial charge in [0.05, 0.1) is 0 Å². The second-order valence-electron chi connectivity index (χ2n) is 7.59. The van der Waals surface area contributed by atoms with Gasteiger partial charge in [0, 0.05) is 12.5 Å². The Hall–Kier alpha value is -0.890. The highest BCUT2D eigenvalue weighted by atomic mass is 19.1. The van der Waals surface area contributed by atoms with Crippen LogP contribution in [0.25, 0.3) is 0 Å². The Morgan fingerprint density at radius 1 is 1.14 bits per heavy atom. The van der Waals surface area contributed by atoms with E-state index in [1.807, 2.05) is 12.1 Å². The van der Waals surface area contributed by atoms with Gasteiger partial charge in [-0.05, 0) is 54.7 Å². The second-order valence-corrected chi connectivity index (χ2v) is 7.59. The lowest BCUT2D eigenvalue weighted by Gasteiger charge is -2.47. The average Bonchev–Trinajstić information content (AvgIpc) is 2.38. The van der Waals surface area contributed by atoms with Gasteiger partial charge in [0.2, 0.25) is 0 Å². The van der Waals surface area contributed by atoms with Crippen molar-refractivity contribution in [2.24, 2.45) is 17.3 Å². The highest BCUT2D eigenvalue weighted by Gasteiger charge is 2.42. The largest absolute Gasteiger partial charge is 0.316 e. The van der Waals surface area contributed by atoms with Crippen molar-refractivity contribution < 1.29 is 4.39 Å². The predicted molar refractivity (Wildman–Crippen MR) is 88.0 cm³/mol. The van der Waals surface area contributed by atoms with Crippen molar-refractivity contribution in [1.82, 2.24) is 5.32 Å². The first-order chi connectivity index (χ1) is 9.94. The van der Waals surface area contributed by atoms with Gasteiger partial charge in [0.25, 0.3) is 0 Å². The van der Waals surface area contributed by atoms with Crippen LogP contribution in [0.5, 0.6) is 0 Å². The van der Waals surface area contributed by atoms with Crippen molar-refractivity contribution in [1.29, 1.82) is 0 Å². The molecule has 1 N–H and O–H groups in total. The van der Waals surface area contributed by atoms with Crippen molar-refractivity contribution in [2.45, 2.75) is 52.9 Å². The molecule has 0 saturated carbocycles. The Balaban J connectivity index is 2.40. The maximum absolute atomic E-state index is 14.4. The molecular formula is C19H30FN. The number of halogens is 1. The molecule has 1 unspecified atom stereocenters. The van der Waals surface area contributed by atoms with E-state index < -0.39 is 0 Å². The van der Waals surface area contributed by atoms with Crippen molar-refractivity contribution >= 4 is 0 Å². The molecule has 1 aromatic carbocycles. The lowest BCUT2D eigenvalue weighted by atomic mass is 9.60. The molecule has 1 aliphatic heterocycles. The molecule has 2 rings (SSSR count). The smallest absolute Gasteiger partial charge is 0.126 e. The summed E-state index contributed by atoms with van der Waals surface area (Å²) in [5.74, 6) is 1.55. The maximum atomic E-state index is 14.4. The van der Waals surface area contributed by atoms with Crippen LogP contribution < -0.4 is 5.32 Å². The highest BCUT2D eigenvalue weighted by Crippen LogP contribution is 2.50. The number of hydrogen-bond donors (Lipinski definition) is 1. The van der Waals surface area contributed by atoms with Crippen LogP contribution in [-0.4, -0.2) is 13.1 Å². The summed E-state index contributed by atoms with van der Waals surface area (Å²) in [6, 6.07) is 7.37. The Bertz CT molecular complexity index is 443. The number of benzene rings is 1. The monoisotopic (exact) mass is 291 g/mol. The van der Waals surface area contributed by atoms with Gasteiger partial charge < -0.3 is 5.32 Å². The van der Waals surface area contributed by atoms with Crippen LogP contribution in [0.1, 0.15) is 58.4 Å². The van der Waals surface area contributed by atoms with Crippen molar-refractivity contribution in [2.75, 3.05) is 13.1 Å². The van der Waals surface area contributed by atoms with E-state index in [1.54, 1.807) is 12.1 Å². The third kappa shape index (κ3) is 3.85. The molecule has 2 heteroatoms. The van der Waals surface area contributed by atoms with Gasteiger partial charge in [0.15, 0.2) is 0 Å². The lowest BCUT2D eigenvalue weighted by Crippen LogP contribution is -2.45. The van der Waals surface area contributed by atoms with Crippen LogP contribution >= 0.6 is 0 Å². The van der Waals surface area contributed by atoms with Gasteiger partial charge in [-0.2, -0.15) is 0 Å². The summed E-state index contributed by atoms with van der Waals surface area (Å²) in [4.78, 5) is 0. The van der Waals surface area contributed by atoms with Gasteiger partial charge in [-0.25, -0.2) is 4.39 Å². The summed E-state index contributed by atoms with van der Waals surface area (Å²) in [7, 11) is 0. The molecule has 1 saturated heterocycles. The number of rotatable bonds is 5. The Morgan fingerprint density at radius 2 is 1.76 bits per heavy atom. The van der Waals surface area contributed by atoms with Crippen LogP contribution in [0.3, 0.4) is 0 Å². The van der Waals surface area contributed by atoms with Gasteiger partial charge in [-0.3, -0.25) is 0 Å². The molecule has 1 fully saturated rings. The Morgan fingerprint density at radius 3 is 2.33 bits per heavy atom. The van der Waals surface area contributed by atoms with Crippen LogP contribution in [0.15, 0.2) is 24.3 Å². The first-order valence-electron chi connectivity index (χ1n) is 8.40. The number of piperidine rings is 1. The maximum Gasteiger partial charge on any atom is 0.126 e. The summed E-state index contributed by atoms with van der Waals surface area (Å²) in [5.41, 5.74) is 1.14. The van der Waals surface area contributed by atoms with Crippen LogP contribution in [0, 0.1) is 23.1 Å². The van der Waals surface area contributed by atoms with E-state index in [0.29, 0.717) is 11.8 Å². The Kier molecular flexibility index (Phi) is 5.43. The summed E-state index contributed by atoms with van der Waals surface area (Å²) >= 11 is 0. The predicted octanol–water partition coefficient (Wildman–Crippen LogP) is 4.98. The van der Waals surface area contributed by atoms with E-state index in [4.69, 9.17) is 0 Å². The second kappa shape index (κ2) is 6.91. The van der Waals surface area contributed by atoms with E-state index in [2.05, 4.69) is 33.0 Å². The zero-order valence-corrected chi connectivity index (χ0v) is 14.0. The van der Waals surface area contributed by atoms with Gasteiger partial charge in [-0.1, -0.05) is 45.9 Å². The van der Waals surface area contributed by atoms with Gasteiger partial charge >= 0.3 is 0 Å². The van der Waals surface area contributed by atoms with E-state index in [1.165, 1.54) is 12.8 Å². The average molecular weight is 291 g/mol. The zero-order valence-electron chi connectivity index (χ0n) is 14.0. The molecule has 21 heavy (non-hydrogen) atoms.